The van der Waals surface area contributed by atoms with E-state index >= 15 is 0 Å². The summed E-state index contributed by atoms with van der Waals surface area (Å²) < 4.78 is 5.70. The maximum absolute atomic E-state index is 5.70. The van der Waals surface area contributed by atoms with Crippen LogP contribution in [0.2, 0.25) is 0 Å². The number of hydrogen-bond donors (Lipinski definition) is 0. The molecule has 18 heavy (non-hydrogen) atoms. The normalized spacial score (nSPS) is 11.3. The lowest BCUT2D eigenvalue weighted by molar-refractivity contribution is 0.666. The van der Waals surface area contributed by atoms with E-state index in [-0.39, 0.29) is 0 Å². The van der Waals surface area contributed by atoms with Crippen molar-refractivity contribution >= 4 is 33.4 Å². The van der Waals surface area contributed by atoms with E-state index in [0.717, 1.165) is 33.5 Å². The Morgan fingerprint density at radius 2 is 2.00 bits per heavy atom. The van der Waals surface area contributed by atoms with Gasteiger partial charge in [0.15, 0.2) is 11.4 Å². The average molecular weight is 252 g/mol. The molecule has 86 valence electrons. The lowest BCUT2D eigenvalue weighted by Crippen LogP contribution is -1.86. The van der Waals surface area contributed by atoms with E-state index < -0.39 is 0 Å². The Kier molecular flexibility index (Phi) is 1.98. The Morgan fingerprint density at radius 3 is 2.89 bits per heavy atom. The predicted molar refractivity (Wildman–Crippen MR) is 72.6 cm³/mol. The zero-order chi connectivity index (χ0) is 11.9. The second-order valence-electron chi connectivity index (χ2n) is 4.02. The van der Waals surface area contributed by atoms with Gasteiger partial charge in [0.1, 0.15) is 11.1 Å². The Bertz CT molecular complexity index is 833. The third kappa shape index (κ3) is 1.36. The maximum Gasteiger partial charge on any atom is 0.172 e. The molecule has 3 aromatic heterocycles. The first-order chi connectivity index (χ1) is 8.92. The molecule has 0 saturated heterocycles. The van der Waals surface area contributed by atoms with Gasteiger partial charge in [-0.1, -0.05) is 12.1 Å². The SMILES string of the molecule is c1ccc2c(c1)oc1cnc(-c3ccsc3)nc12. The molecule has 0 aliphatic heterocycles. The van der Waals surface area contributed by atoms with Crippen molar-refractivity contribution in [3.8, 4) is 11.4 Å². The quantitative estimate of drug-likeness (QED) is 0.512. The number of nitrogens with zero attached hydrogens (tertiary/aromatic N) is 2. The summed E-state index contributed by atoms with van der Waals surface area (Å²) >= 11 is 1.64. The molecular formula is C14H8N2OS. The van der Waals surface area contributed by atoms with Crippen LogP contribution >= 0.6 is 11.3 Å². The number of rotatable bonds is 1. The number of benzene rings is 1. The lowest BCUT2D eigenvalue weighted by atomic mass is 10.2. The molecule has 3 heterocycles. The number of hydrogen-bond acceptors (Lipinski definition) is 4. The van der Waals surface area contributed by atoms with Gasteiger partial charge in [0, 0.05) is 16.3 Å². The number of para-hydroxylation sites is 1. The summed E-state index contributed by atoms with van der Waals surface area (Å²) in [5, 5.41) is 5.10. The summed E-state index contributed by atoms with van der Waals surface area (Å²) in [6, 6.07) is 9.93. The van der Waals surface area contributed by atoms with Crippen molar-refractivity contribution in [1.82, 2.24) is 9.97 Å². The molecule has 0 amide bonds. The van der Waals surface area contributed by atoms with Gasteiger partial charge in [-0.2, -0.15) is 11.3 Å². The van der Waals surface area contributed by atoms with Gasteiger partial charge < -0.3 is 4.42 Å². The summed E-state index contributed by atoms with van der Waals surface area (Å²) in [6.07, 6.45) is 1.75. The van der Waals surface area contributed by atoms with Gasteiger partial charge in [0.2, 0.25) is 0 Å². The summed E-state index contributed by atoms with van der Waals surface area (Å²) in [7, 11) is 0. The van der Waals surface area contributed by atoms with Crippen molar-refractivity contribution in [3.63, 3.8) is 0 Å². The molecule has 0 unspecified atom stereocenters. The Morgan fingerprint density at radius 1 is 1.06 bits per heavy atom. The maximum atomic E-state index is 5.70. The van der Waals surface area contributed by atoms with E-state index in [0.29, 0.717) is 0 Å². The van der Waals surface area contributed by atoms with Crippen LogP contribution in [-0.4, -0.2) is 9.97 Å². The molecule has 0 atom stereocenters. The standard InChI is InChI=1S/C14H8N2OS/c1-2-4-11-10(3-1)13-12(17-11)7-15-14(16-13)9-5-6-18-8-9/h1-8H. The topological polar surface area (TPSA) is 38.9 Å². The van der Waals surface area contributed by atoms with E-state index in [1.807, 2.05) is 41.1 Å². The van der Waals surface area contributed by atoms with Gasteiger partial charge in [-0.05, 0) is 23.6 Å². The minimum absolute atomic E-state index is 0.732. The van der Waals surface area contributed by atoms with Gasteiger partial charge in [-0.15, -0.1) is 0 Å². The molecule has 0 saturated carbocycles. The smallest absolute Gasteiger partial charge is 0.172 e. The molecule has 0 aliphatic carbocycles. The zero-order valence-electron chi connectivity index (χ0n) is 9.33. The molecule has 1 aromatic carbocycles. The van der Waals surface area contributed by atoms with Crippen LogP contribution in [0.1, 0.15) is 0 Å². The number of aromatic nitrogens is 2. The van der Waals surface area contributed by atoms with Crippen molar-refractivity contribution in [2.45, 2.75) is 0 Å². The van der Waals surface area contributed by atoms with E-state index in [4.69, 9.17) is 4.42 Å². The monoisotopic (exact) mass is 252 g/mol. The molecule has 0 radical (unpaired) electrons. The predicted octanol–water partition coefficient (Wildman–Crippen LogP) is 4.10. The van der Waals surface area contributed by atoms with Crippen LogP contribution < -0.4 is 0 Å². The lowest BCUT2D eigenvalue weighted by Gasteiger charge is -1.95. The fourth-order valence-corrected chi connectivity index (χ4v) is 2.67. The second-order valence-corrected chi connectivity index (χ2v) is 4.80. The highest BCUT2D eigenvalue weighted by Gasteiger charge is 2.10. The minimum atomic E-state index is 0.732. The largest absolute Gasteiger partial charge is 0.453 e. The molecular weight excluding hydrogens is 244 g/mol. The third-order valence-electron chi connectivity index (χ3n) is 2.90. The molecule has 4 rings (SSSR count). The first-order valence-electron chi connectivity index (χ1n) is 5.59. The van der Waals surface area contributed by atoms with E-state index in [1.54, 1.807) is 17.5 Å². The van der Waals surface area contributed by atoms with Crippen LogP contribution in [0.3, 0.4) is 0 Å². The number of fused-ring (bicyclic) bond motifs is 3. The summed E-state index contributed by atoms with van der Waals surface area (Å²) in [6.45, 7) is 0. The highest BCUT2D eigenvalue weighted by molar-refractivity contribution is 7.08. The second kappa shape index (κ2) is 3.65. The van der Waals surface area contributed by atoms with Crippen LogP contribution in [0.4, 0.5) is 0 Å². The van der Waals surface area contributed by atoms with Gasteiger partial charge in [0.05, 0.1) is 6.20 Å². The van der Waals surface area contributed by atoms with Crippen molar-refractivity contribution in [2.24, 2.45) is 0 Å². The first-order valence-corrected chi connectivity index (χ1v) is 6.53. The Hall–Kier alpha value is -2.20. The number of furan rings is 1. The van der Waals surface area contributed by atoms with E-state index in [2.05, 4.69) is 9.97 Å². The van der Waals surface area contributed by atoms with Gasteiger partial charge in [-0.25, -0.2) is 9.97 Å². The zero-order valence-corrected chi connectivity index (χ0v) is 10.1. The number of thiophene rings is 1. The van der Waals surface area contributed by atoms with Gasteiger partial charge >= 0.3 is 0 Å². The van der Waals surface area contributed by atoms with Crippen LogP contribution in [0.5, 0.6) is 0 Å². The summed E-state index contributed by atoms with van der Waals surface area (Å²) in [5.41, 5.74) is 3.51. The van der Waals surface area contributed by atoms with Crippen LogP contribution in [0, 0.1) is 0 Å². The van der Waals surface area contributed by atoms with E-state index in [1.165, 1.54) is 0 Å². The fraction of sp³-hybridized carbons (Fsp3) is 0. The molecule has 0 aliphatic rings. The van der Waals surface area contributed by atoms with Gasteiger partial charge in [0.25, 0.3) is 0 Å². The Balaban J connectivity index is 2.07. The Labute approximate surface area is 107 Å². The van der Waals surface area contributed by atoms with Gasteiger partial charge in [-0.3, -0.25) is 0 Å². The molecule has 3 nitrogen and oxygen atoms in total. The van der Waals surface area contributed by atoms with Crippen molar-refractivity contribution < 1.29 is 4.42 Å². The van der Waals surface area contributed by atoms with Crippen LogP contribution in [0.25, 0.3) is 33.5 Å². The third-order valence-corrected chi connectivity index (χ3v) is 3.58. The summed E-state index contributed by atoms with van der Waals surface area (Å²) in [4.78, 5) is 8.95. The highest BCUT2D eigenvalue weighted by atomic mass is 32.1. The average Bonchev–Trinajstić information content (AvgIpc) is 3.05. The molecule has 4 heteroatoms. The fourth-order valence-electron chi connectivity index (χ4n) is 2.04. The molecule has 0 fully saturated rings. The van der Waals surface area contributed by atoms with E-state index in [9.17, 15) is 0 Å². The minimum Gasteiger partial charge on any atom is -0.453 e. The molecule has 0 N–H and O–H groups in total. The van der Waals surface area contributed by atoms with Crippen molar-refractivity contribution in [1.29, 1.82) is 0 Å². The first kappa shape index (κ1) is 9.79. The van der Waals surface area contributed by atoms with Crippen molar-refractivity contribution in [2.75, 3.05) is 0 Å². The van der Waals surface area contributed by atoms with Crippen LogP contribution in [-0.2, 0) is 0 Å². The molecule has 4 aromatic rings. The van der Waals surface area contributed by atoms with Crippen LogP contribution in [0.15, 0.2) is 51.7 Å². The molecule has 0 bridgehead atoms. The highest BCUT2D eigenvalue weighted by Crippen LogP contribution is 2.28. The molecule has 0 spiro atoms. The summed E-state index contributed by atoms with van der Waals surface area (Å²) in [5.74, 6) is 0.746. The van der Waals surface area contributed by atoms with Crippen molar-refractivity contribution in [3.05, 3.63) is 47.3 Å².